The third kappa shape index (κ3) is 5.74. The SMILES string of the molecule is COc1ccc(C2C(C#N)=C(N)N(c3nnc(SCC(=O)Nc4ccc(OC)c(Cl)c4)s3)C3=C2C(=O)CCC3)cc1. The number of rotatable bonds is 8. The number of nitrogens with two attached hydrogens (primary N) is 1. The van der Waals surface area contributed by atoms with E-state index in [4.69, 9.17) is 26.8 Å². The Morgan fingerprint density at radius 2 is 2.00 bits per heavy atom. The zero-order chi connectivity index (χ0) is 29.1. The van der Waals surface area contributed by atoms with Crippen LogP contribution in [-0.4, -0.2) is 41.9 Å². The molecule has 1 aliphatic carbocycles. The number of Topliss-reactive ketones (excluding diaryl/α,β-unsaturated/α-hetero) is 1. The quantitative estimate of drug-likeness (QED) is 0.326. The number of benzene rings is 2. The lowest BCUT2D eigenvalue weighted by Crippen LogP contribution is -2.38. The maximum absolute atomic E-state index is 13.3. The Morgan fingerprint density at radius 3 is 2.68 bits per heavy atom. The molecule has 1 atom stereocenters. The summed E-state index contributed by atoms with van der Waals surface area (Å²) in [7, 11) is 3.10. The molecule has 0 radical (unpaired) electrons. The van der Waals surface area contributed by atoms with Gasteiger partial charge in [0.25, 0.3) is 0 Å². The fourth-order valence-electron chi connectivity index (χ4n) is 4.85. The molecule has 3 aromatic rings. The summed E-state index contributed by atoms with van der Waals surface area (Å²) in [5.41, 5.74) is 9.48. The average Bonchev–Trinajstić information content (AvgIpc) is 3.44. The van der Waals surface area contributed by atoms with Gasteiger partial charge in [0.15, 0.2) is 10.1 Å². The first kappa shape index (κ1) is 28.5. The van der Waals surface area contributed by atoms with Crippen LogP contribution in [-0.2, 0) is 9.59 Å². The lowest BCUT2D eigenvalue weighted by molar-refractivity contribution is -0.116. The van der Waals surface area contributed by atoms with Crippen molar-refractivity contribution in [3.05, 3.63) is 75.7 Å². The average molecular weight is 609 g/mol. The number of carbonyl (C=O) groups is 2. The highest BCUT2D eigenvalue weighted by atomic mass is 35.5. The van der Waals surface area contributed by atoms with Crippen molar-refractivity contribution in [1.82, 2.24) is 10.2 Å². The topological polar surface area (TPSA) is 143 Å². The van der Waals surface area contributed by atoms with Gasteiger partial charge >= 0.3 is 0 Å². The lowest BCUT2D eigenvalue weighted by Gasteiger charge is -2.38. The number of aromatic nitrogens is 2. The number of halogens is 1. The second-order valence-corrected chi connectivity index (χ2v) is 11.7. The predicted octanol–water partition coefficient (Wildman–Crippen LogP) is 5.24. The monoisotopic (exact) mass is 608 g/mol. The second-order valence-electron chi connectivity index (χ2n) is 9.13. The molecule has 1 unspecified atom stereocenters. The molecule has 2 aromatic carbocycles. The molecular weight excluding hydrogens is 584 g/mol. The molecule has 0 fully saturated rings. The molecule has 3 N–H and O–H groups in total. The number of ketones is 1. The van der Waals surface area contributed by atoms with Gasteiger partial charge < -0.3 is 20.5 Å². The third-order valence-corrected chi connectivity index (χ3v) is 9.05. The Balaban J connectivity index is 1.38. The molecule has 210 valence electrons. The minimum Gasteiger partial charge on any atom is -0.497 e. The van der Waals surface area contributed by atoms with E-state index < -0.39 is 5.92 Å². The van der Waals surface area contributed by atoms with Crippen LogP contribution in [0, 0.1) is 11.3 Å². The van der Waals surface area contributed by atoms with Crippen LogP contribution >= 0.6 is 34.7 Å². The molecular formula is C28H25ClN6O4S2. The summed E-state index contributed by atoms with van der Waals surface area (Å²) in [5.74, 6) is 0.629. The van der Waals surface area contributed by atoms with E-state index in [-0.39, 0.29) is 28.8 Å². The fraction of sp³-hybridized carbons (Fsp3) is 0.250. The van der Waals surface area contributed by atoms with E-state index in [9.17, 15) is 14.9 Å². The number of hydrogen-bond donors (Lipinski definition) is 2. The Bertz CT molecular complexity index is 1610. The molecule has 2 heterocycles. The number of nitriles is 1. The molecule has 0 saturated carbocycles. The number of methoxy groups -OCH3 is 2. The minimum absolute atomic E-state index is 0.0215. The highest BCUT2D eigenvalue weighted by molar-refractivity contribution is 8.01. The van der Waals surface area contributed by atoms with Gasteiger partial charge in [-0.1, -0.05) is 46.8 Å². The zero-order valence-electron chi connectivity index (χ0n) is 22.1. The van der Waals surface area contributed by atoms with Gasteiger partial charge in [-0.3, -0.25) is 14.5 Å². The Labute approximate surface area is 249 Å². The molecule has 1 aromatic heterocycles. The predicted molar refractivity (Wildman–Crippen MR) is 158 cm³/mol. The summed E-state index contributed by atoms with van der Waals surface area (Å²) >= 11 is 8.59. The van der Waals surface area contributed by atoms with Crippen LogP contribution in [0.15, 0.2) is 69.5 Å². The zero-order valence-corrected chi connectivity index (χ0v) is 24.5. The lowest BCUT2D eigenvalue weighted by atomic mass is 9.76. The first-order valence-corrected chi connectivity index (χ1v) is 14.7. The van der Waals surface area contributed by atoms with Crippen molar-refractivity contribution < 1.29 is 19.1 Å². The van der Waals surface area contributed by atoms with Crippen molar-refractivity contribution in [2.45, 2.75) is 29.5 Å². The summed E-state index contributed by atoms with van der Waals surface area (Å²) < 4.78 is 10.9. The van der Waals surface area contributed by atoms with E-state index in [1.807, 2.05) is 12.1 Å². The molecule has 0 spiro atoms. The number of nitrogens with one attached hydrogen (secondary N) is 1. The van der Waals surface area contributed by atoms with Crippen LogP contribution in [0.2, 0.25) is 5.02 Å². The largest absolute Gasteiger partial charge is 0.497 e. The normalized spacial score (nSPS) is 16.8. The summed E-state index contributed by atoms with van der Waals surface area (Å²) in [6, 6.07) is 14.5. The number of nitrogens with zero attached hydrogens (tertiary/aromatic N) is 4. The van der Waals surface area contributed by atoms with E-state index >= 15 is 0 Å². The molecule has 10 nitrogen and oxygen atoms in total. The summed E-state index contributed by atoms with van der Waals surface area (Å²) in [4.78, 5) is 27.5. The van der Waals surface area contributed by atoms with Gasteiger partial charge in [0, 0.05) is 23.4 Å². The molecule has 13 heteroatoms. The highest BCUT2D eigenvalue weighted by Gasteiger charge is 2.41. The van der Waals surface area contributed by atoms with Crippen LogP contribution < -0.4 is 25.4 Å². The van der Waals surface area contributed by atoms with E-state index in [1.165, 1.54) is 30.2 Å². The van der Waals surface area contributed by atoms with Crippen LogP contribution in [0.1, 0.15) is 30.7 Å². The van der Waals surface area contributed by atoms with Crippen LogP contribution in [0.4, 0.5) is 10.8 Å². The fourth-order valence-corrected chi connectivity index (χ4v) is 6.79. The van der Waals surface area contributed by atoms with Crippen LogP contribution in [0.25, 0.3) is 0 Å². The molecule has 1 aliphatic heterocycles. The Hall–Kier alpha value is -4.05. The van der Waals surface area contributed by atoms with Crippen molar-refractivity contribution >= 4 is 57.2 Å². The number of anilines is 2. The summed E-state index contributed by atoms with van der Waals surface area (Å²) in [6.45, 7) is 0. The van der Waals surface area contributed by atoms with Crippen LogP contribution in [0.3, 0.4) is 0 Å². The van der Waals surface area contributed by atoms with Crippen molar-refractivity contribution in [3.63, 3.8) is 0 Å². The van der Waals surface area contributed by atoms with Crippen molar-refractivity contribution in [1.29, 1.82) is 5.26 Å². The van der Waals surface area contributed by atoms with Crippen LogP contribution in [0.5, 0.6) is 11.5 Å². The maximum Gasteiger partial charge on any atom is 0.234 e. The van der Waals surface area contributed by atoms with Gasteiger partial charge in [-0.25, -0.2) is 0 Å². The molecule has 41 heavy (non-hydrogen) atoms. The number of hydrogen-bond acceptors (Lipinski definition) is 11. The van der Waals surface area contributed by atoms with Crippen molar-refractivity contribution in [3.8, 4) is 17.6 Å². The van der Waals surface area contributed by atoms with E-state index in [0.717, 1.165) is 11.3 Å². The summed E-state index contributed by atoms with van der Waals surface area (Å²) in [6.07, 6.45) is 1.65. The maximum atomic E-state index is 13.3. The third-order valence-electron chi connectivity index (χ3n) is 6.71. The number of ether oxygens (including phenoxy) is 2. The first-order chi connectivity index (χ1) is 19.8. The highest BCUT2D eigenvalue weighted by Crippen LogP contribution is 2.47. The number of amides is 1. The second kappa shape index (κ2) is 12.2. The van der Waals surface area contributed by atoms with Gasteiger partial charge in [-0.15, -0.1) is 10.2 Å². The standard InChI is InChI=1S/C28H25ClN6O4S2/c1-38-17-9-6-15(7-10-17)24-18(13-30)26(31)35(20-4-3-5-21(36)25(20)24)27-33-34-28(41-27)40-14-23(37)32-16-8-11-22(39-2)19(29)12-16/h6-12,24H,3-5,14,31H2,1-2H3,(H,32,37). The number of allylic oxidation sites excluding steroid dienone is 3. The Kier molecular flexibility index (Phi) is 8.49. The van der Waals surface area contributed by atoms with Crippen molar-refractivity contribution in [2.24, 2.45) is 5.73 Å². The molecule has 5 rings (SSSR count). The van der Waals surface area contributed by atoms with Gasteiger partial charge in [0.2, 0.25) is 11.0 Å². The molecule has 1 amide bonds. The first-order valence-electron chi connectivity index (χ1n) is 12.5. The number of carbonyl (C=O) groups excluding carboxylic acids is 2. The molecule has 0 saturated heterocycles. The van der Waals surface area contributed by atoms with E-state index in [0.29, 0.717) is 56.5 Å². The number of thioether (sulfide) groups is 1. The smallest absolute Gasteiger partial charge is 0.234 e. The van der Waals surface area contributed by atoms with Gasteiger partial charge in [-0.05, 0) is 48.7 Å². The summed E-state index contributed by atoms with van der Waals surface area (Å²) in [5, 5.41) is 22.3. The molecule has 0 bridgehead atoms. The van der Waals surface area contributed by atoms with Gasteiger partial charge in [-0.2, -0.15) is 5.26 Å². The van der Waals surface area contributed by atoms with E-state index in [1.54, 1.807) is 42.3 Å². The van der Waals surface area contributed by atoms with Gasteiger partial charge in [0.05, 0.1) is 42.6 Å². The van der Waals surface area contributed by atoms with Crippen molar-refractivity contribution in [2.75, 3.05) is 30.2 Å². The van der Waals surface area contributed by atoms with E-state index in [2.05, 4.69) is 21.6 Å². The minimum atomic E-state index is -0.582. The molecule has 2 aliphatic rings. The van der Waals surface area contributed by atoms with Gasteiger partial charge in [0.1, 0.15) is 17.3 Å². The Morgan fingerprint density at radius 1 is 1.22 bits per heavy atom.